The second kappa shape index (κ2) is 21.4. The summed E-state index contributed by atoms with van der Waals surface area (Å²) in [6.45, 7) is 17.7. The monoisotopic (exact) mass is 887 g/mol. The van der Waals surface area contributed by atoms with Crippen molar-refractivity contribution in [3.8, 4) is 44.5 Å². The lowest BCUT2D eigenvalue weighted by Crippen LogP contribution is -2.19. The molecule has 0 spiro atoms. The van der Waals surface area contributed by atoms with E-state index in [2.05, 4.69) is 159 Å². The number of hydrogen-bond acceptors (Lipinski definition) is 8. The summed E-state index contributed by atoms with van der Waals surface area (Å²) in [5.41, 5.74) is 10.1. The van der Waals surface area contributed by atoms with Crippen molar-refractivity contribution in [2.45, 2.75) is 121 Å². The summed E-state index contributed by atoms with van der Waals surface area (Å²) in [6, 6.07) is 37.7. The van der Waals surface area contributed by atoms with Gasteiger partial charge in [0.15, 0.2) is 0 Å². The number of aliphatic hydroxyl groups excluding tert-OH is 2. The number of fused-ring (bicyclic) bond motifs is 1. The molecular formula is C52H57NO4S4. The second-order valence-corrected chi connectivity index (χ2v) is 22.9. The number of hydrogen-bond donors (Lipinski definition) is 3. The van der Waals surface area contributed by atoms with Crippen LogP contribution in [-0.4, -0.2) is 59.5 Å². The van der Waals surface area contributed by atoms with Gasteiger partial charge < -0.3 is 15.3 Å². The van der Waals surface area contributed by atoms with Crippen LogP contribution in [0.5, 0.6) is 0 Å². The normalized spacial score (nSPS) is 13.0. The first-order chi connectivity index (χ1) is 29.1. The summed E-state index contributed by atoms with van der Waals surface area (Å²) < 4.78 is 0. The molecular weight excluding hydrogens is 831 g/mol. The number of aliphatic hydroxyl groups is 2. The molecule has 0 saturated carbocycles. The quantitative estimate of drug-likeness (QED) is 0.0730. The van der Waals surface area contributed by atoms with Crippen LogP contribution in [-0.2, 0) is 4.79 Å². The van der Waals surface area contributed by atoms with Crippen molar-refractivity contribution in [2.24, 2.45) is 0 Å². The Balaban J connectivity index is 1.69. The number of pyridine rings is 1. The third-order valence-corrected chi connectivity index (χ3v) is 13.8. The predicted molar refractivity (Wildman–Crippen MR) is 265 cm³/mol. The Kier molecular flexibility index (Phi) is 16.3. The van der Waals surface area contributed by atoms with Crippen LogP contribution in [0.4, 0.5) is 0 Å². The van der Waals surface area contributed by atoms with E-state index >= 15 is 0 Å². The summed E-state index contributed by atoms with van der Waals surface area (Å²) >= 11 is 7.36. The minimum absolute atomic E-state index is 0.0947. The van der Waals surface area contributed by atoms with Gasteiger partial charge in [-0.05, 0) is 93.5 Å². The Labute approximate surface area is 379 Å². The lowest BCUT2D eigenvalue weighted by atomic mass is 9.83. The van der Waals surface area contributed by atoms with Crippen LogP contribution in [0.2, 0.25) is 0 Å². The molecule has 6 aromatic rings. The van der Waals surface area contributed by atoms with Gasteiger partial charge >= 0.3 is 5.97 Å². The number of aliphatic carboxylic acids is 1. The van der Waals surface area contributed by atoms with Gasteiger partial charge in [-0.15, -0.1) is 47.0 Å². The zero-order chi connectivity index (χ0) is 43.8. The number of thioether (sulfide) groups is 4. The Morgan fingerprint density at radius 2 is 0.967 bits per heavy atom. The van der Waals surface area contributed by atoms with Crippen LogP contribution in [0.25, 0.3) is 61.5 Å². The number of nitrogens with zero attached hydrogens (tertiary/aromatic N) is 1. The maximum Gasteiger partial charge on any atom is 0.305 e. The van der Waals surface area contributed by atoms with Crippen LogP contribution in [0.1, 0.15) is 73.8 Å². The van der Waals surface area contributed by atoms with Gasteiger partial charge in [-0.3, -0.25) is 9.78 Å². The highest BCUT2D eigenvalue weighted by Gasteiger charge is 2.23. The zero-order valence-corrected chi connectivity index (χ0v) is 39.5. The first kappa shape index (κ1) is 46.5. The van der Waals surface area contributed by atoms with E-state index in [0.29, 0.717) is 21.0 Å². The van der Waals surface area contributed by atoms with Crippen LogP contribution < -0.4 is 0 Å². The van der Waals surface area contributed by atoms with E-state index in [4.69, 9.17) is 4.98 Å². The maximum atomic E-state index is 11.3. The molecule has 3 N–H and O–H groups in total. The molecule has 0 unspecified atom stereocenters. The van der Waals surface area contributed by atoms with Crippen LogP contribution in [0, 0.1) is 0 Å². The molecule has 5 aromatic carbocycles. The van der Waals surface area contributed by atoms with Gasteiger partial charge in [0.1, 0.15) is 0 Å². The van der Waals surface area contributed by atoms with Crippen molar-refractivity contribution >= 4 is 70.0 Å². The molecule has 0 aliphatic carbocycles. The van der Waals surface area contributed by atoms with E-state index in [9.17, 15) is 20.1 Å². The highest BCUT2D eigenvalue weighted by Crippen LogP contribution is 2.48. The first-order valence-corrected chi connectivity index (χ1v) is 24.5. The largest absolute Gasteiger partial charge is 0.481 e. The Morgan fingerprint density at radius 3 is 1.38 bits per heavy atom. The second-order valence-electron chi connectivity index (χ2n) is 16.3. The summed E-state index contributed by atoms with van der Waals surface area (Å²) in [7, 11) is 0. The number of aromatic nitrogens is 1. The average molecular weight is 888 g/mol. The summed E-state index contributed by atoms with van der Waals surface area (Å²) in [5.74, 6) is -1.11. The molecule has 2 atom stereocenters. The molecule has 318 valence electrons. The lowest BCUT2D eigenvalue weighted by Gasteiger charge is -2.22. The molecule has 0 bridgehead atoms. The molecule has 0 aliphatic rings. The molecule has 0 amide bonds. The van der Waals surface area contributed by atoms with Gasteiger partial charge in [0.05, 0.1) is 24.1 Å². The minimum atomic E-state index is -1.17. The molecule has 6 rings (SSSR count). The maximum absolute atomic E-state index is 11.3. The minimum Gasteiger partial charge on any atom is -0.481 e. The van der Waals surface area contributed by atoms with Crippen molar-refractivity contribution in [3.63, 3.8) is 0 Å². The first-order valence-electron chi connectivity index (χ1n) is 21.0. The molecule has 0 saturated heterocycles. The van der Waals surface area contributed by atoms with Crippen LogP contribution in [0.15, 0.2) is 135 Å². The number of carbonyl (C=O) groups is 1. The third-order valence-electron chi connectivity index (χ3n) is 9.69. The predicted octanol–water partition coefficient (Wildman–Crippen LogP) is 14.5. The van der Waals surface area contributed by atoms with Gasteiger partial charge in [0.2, 0.25) is 0 Å². The highest BCUT2D eigenvalue weighted by molar-refractivity contribution is 8.00. The zero-order valence-electron chi connectivity index (χ0n) is 36.3. The van der Waals surface area contributed by atoms with Gasteiger partial charge in [0.25, 0.3) is 0 Å². The highest BCUT2D eigenvalue weighted by atomic mass is 32.2. The van der Waals surface area contributed by atoms with E-state index < -0.39 is 24.6 Å². The third kappa shape index (κ3) is 12.6. The Morgan fingerprint density at radius 1 is 0.574 bits per heavy atom. The molecule has 5 nitrogen and oxygen atoms in total. The number of carboxylic acid groups (broad SMARTS) is 1. The standard InChI is InChI=1S/C52H57NO4S4/c1-31(2)58-42-19-10-35(11-20-42)46-29-47-49(36-12-21-43(22-13-36)59-32(3)4)39(9-18-40(54)27-41(55)28-48(56)57)30-53-52(47)51(38-16-25-45(26-17-38)61-34(7)8)50(46)37-14-23-44(24-15-37)60-33(5)6/h9-26,29-34,40-41,54-55H,27-28H2,1-8H3,(H,56,57)/b18-9+/t40-,41-/m1/s1. The Bertz CT molecular complexity index is 2430. The molecule has 61 heavy (non-hydrogen) atoms. The topological polar surface area (TPSA) is 90.7 Å². The lowest BCUT2D eigenvalue weighted by molar-refractivity contribution is -0.139. The number of benzene rings is 5. The van der Waals surface area contributed by atoms with Gasteiger partial charge in [-0.1, -0.05) is 116 Å². The smallest absolute Gasteiger partial charge is 0.305 e. The van der Waals surface area contributed by atoms with Crippen LogP contribution >= 0.6 is 47.0 Å². The summed E-state index contributed by atoms with van der Waals surface area (Å²) in [5, 5.41) is 33.3. The average Bonchev–Trinajstić information content (AvgIpc) is 3.19. The SMILES string of the molecule is CC(C)Sc1ccc(-c2cc3c(-c4ccc(SC(C)C)cc4)c(/C=C/[C@@H](O)C[C@@H](O)CC(=O)O)cnc3c(-c3ccc(SC(C)C)cc3)c2-c2ccc(SC(C)C)cc2)cc1. The number of rotatable bonds is 18. The fourth-order valence-corrected chi connectivity index (χ4v) is 10.7. The van der Waals surface area contributed by atoms with Crippen molar-refractivity contribution in [1.29, 1.82) is 0 Å². The van der Waals surface area contributed by atoms with E-state index in [1.165, 1.54) is 19.6 Å². The van der Waals surface area contributed by atoms with Crippen LogP contribution in [0.3, 0.4) is 0 Å². The van der Waals surface area contributed by atoms with E-state index in [1.807, 2.05) is 59.3 Å². The van der Waals surface area contributed by atoms with Crippen molar-refractivity contribution < 1.29 is 20.1 Å². The van der Waals surface area contributed by atoms with E-state index in [-0.39, 0.29) is 6.42 Å². The summed E-state index contributed by atoms with van der Waals surface area (Å²) in [4.78, 5) is 21.4. The van der Waals surface area contributed by atoms with Crippen molar-refractivity contribution in [2.75, 3.05) is 0 Å². The van der Waals surface area contributed by atoms with E-state index in [0.717, 1.165) is 61.0 Å². The van der Waals surface area contributed by atoms with Gasteiger partial charge in [0, 0.05) is 69.7 Å². The number of carboxylic acids is 1. The Hall–Kier alpha value is -3.96. The molecule has 1 heterocycles. The van der Waals surface area contributed by atoms with E-state index in [1.54, 1.807) is 6.08 Å². The molecule has 0 radical (unpaired) electrons. The van der Waals surface area contributed by atoms with Crippen molar-refractivity contribution in [3.05, 3.63) is 121 Å². The molecule has 0 aliphatic heterocycles. The van der Waals surface area contributed by atoms with Gasteiger partial charge in [-0.2, -0.15) is 0 Å². The molecule has 1 aromatic heterocycles. The summed E-state index contributed by atoms with van der Waals surface area (Å²) in [6.07, 6.45) is 2.60. The van der Waals surface area contributed by atoms with Gasteiger partial charge in [-0.25, -0.2) is 0 Å². The molecule has 0 fully saturated rings. The fraction of sp³-hybridized carbons (Fsp3) is 0.308. The molecule has 9 heteroatoms. The fourth-order valence-electron chi connectivity index (χ4n) is 7.37. The van der Waals surface area contributed by atoms with Crippen molar-refractivity contribution in [1.82, 2.24) is 4.98 Å².